The van der Waals surface area contributed by atoms with Crippen LogP contribution in [-0.2, 0) is 10.5 Å². The highest BCUT2D eigenvalue weighted by Gasteiger charge is 2.40. The first-order valence-electron chi connectivity index (χ1n) is 11.6. The Labute approximate surface area is 223 Å². The van der Waals surface area contributed by atoms with Gasteiger partial charge in [-0.25, -0.2) is 9.07 Å². The van der Waals surface area contributed by atoms with E-state index in [1.807, 2.05) is 17.4 Å². The van der Waals surface area contributed by atoms with E-state index in [9.17, 15) is 22.4 Å². The molecule has 10 heteroatoms. The van der Waals surface area contributed by atoms with E-state index in [1.54, 1.807) is 65.1 Å². The SMILES string of the molecule is C.CCSCc1ccc([C@@H](Oc2ccc3c(cnn3-c3ccc(F)cc3)c2)[C@H](C)NC(=O)C(F)(F)F)cc1. The Morgan fingerprint density at radius 1 is 1.08 bits per heavy atom. The molecule has 202 valence electrons. The van der Waals surface area contributed by atoms with Crippen LogP contribution in [0.2, 0.25) is 0 Å². The van der Waals surface area contributed by atoms with Gasteiger partial charge in [0.15, 0.2) is 0 Å². The Morgan fingerprint density at radius 2 is 1.76 bits per heavy atom. The zero-order chi connectivity index (χ0) is 26.6. The van der Waals surface area contributed by atoms with Crippen molar-refractivity contribution < 1.29 is 27.1 Å². The van der Waals surface area contributed by atoms with Crippen LogP contribution in [0.15, 0.2) is 72.9 Å². The lowest BCUT2D eigenvalue weighted by Crippen LogP contribution is -2.45. The average molecular weight is 548 g/mol. The molecule has 0 aliphatic rings. The van der Waals surface area contributed by atoms with E-state index in [4.69, 9.17) is 4.74 Å². The van der Waals surface area contributed by atoms with Crippen molar-refractivity contribution in [2.75, 3.05) is 5.75 Å². The number of halogens is 4. The lowest BCUT2D eigenvalue weighted by Gasteiger charge is -2.27. The van der Waals surface area contributed by atoms with Crippen molar-refractivity contribution in [2.24, 2.45) is 0 Å². The van der Waals surface area contributed by atoms with Gasteiger partial charge in [-0.15, -0.1) is 0 Å². The fourth-order valence-corrected chi connectivity index (χ4v) is 4.50. The number of alkyl halides is 3. The number of benzene rings is 3. The number of fused-ring (bicyclic) bond motifs is 1. The summed E-state index contributed by atoms with van der Waals surface area (Å²) in [7, 11) is 0. The van der Waals surface area contributed by atoms with Gasteiger partial charge in [0.05, 0.1) is 23.4 Å². The van der Waals surface area contributed by atoms with Crippen molar-refractivity contribution in [1.82, 2.24) is 15.1 Å². The molecule has 0 radical (unpaired) electrons. The van der Waals surface area contributed by atoms with Crippen LogP contribution in [0.25, 0.3) is 16.6 Å². The normalized spacial score (nSPS) is 13.0. The van der Waals surface area contributed by atoms with Crippen LogP contribution >= 0.6 is 11.8 Å². The maximum atomic E-state index is 13.3. The van der Waals surface area contributed by atoms with E-state index >= 15 is 0 Å². The molecular weight excluding hydrogens is 518 g/mol. The van der Waals surface area contributed by atoms with Gasteiger partial charge >= 0.3 is 12.1 Å². The summed E-state index contributed by atoms with van der Waals surface area (Å²) in [6.45, 7) is 3.54. The van der Waals surface area contributed by atoms with E-state index in [-0.39, 0.29) is 13.2 Å². The Balaban J connectivity index is 0.00000400. The van der Waals surface area contributed by atoms with E-state index < -0.39 is 24.2 Å². The third-order valence-electron chi connectivity index (χ3n) is 5.73. The smallest absolute Gasteiger partial charge is 0.471 e. The number of aromatic nitrogens is 2. The number of hydrogen-bond acceptors (Lipinski definition) is 4. The molecule has 38 heavy (non-hydrogen) atoms. The first-order valence-corrected chi connectivity index (χ1v) is 12.8. The number of nitrogens with zero attached hydrogens (tertiary/aromatic N) is 2. The summed E-state index contributed by atoms with van der Waals surface area (Å²) in [6.07, 6.45) is -4.27. The lowest BCUT2D eigenvalue weighted by atomic mass is 10.0. The molecule has 1 aromatic heterocycles. The van der Waals surface area contributed by atoms with Gasteiger partial charge in [0.25, 0.3) is 0 Å². The van der Waals surface area contributed by atoms with E-state index in [0.29, 0.717) is 17.0 Å². The number of amides is 1. The molecule has 0 aliphatic carbocycles. The number of rotatable bonds is 9. The van der Waals surface area contributed by atoms with Crippen LogP contribution in [0.3, 0.4) is 0 Å². The highest BCUT2D eigenvalue weighted by Crippen LogP contribution is 2.30. The Kier molecular flexibility index (Phi) is 9.43. The molecule has 0 fully saturated rings. The monoisotopic (exact) mass is 547 g/mol. The van der Waals surface area contributed by atoms with Crippen LogP contribution in [0.1, 0.15) is 38.5 Å². The van der Waals surface area contributed by atoms with Crippen molar-refractivity contribution in [3.05, 3.63) is 89.9 Å². The summed E-state index contributed by atoms with van der Waals surface area (Å²) < 4.78 is 59.9. The van der Waals surface area contributed by atoms with Crippen LogP contribution in [0.5, 0.6) is 5.75 Å². The van der Waals surface area contributed by atoms with Gasteiger partial charge in [-0.3, -0.25) is 4.79 Å². The molecule has 1 heterocycles. The largest absolute Gasteiger partial charge is 0.484 e. The van der Waals surface area contributed by atoms with Crippen molar-refractivity contribution in [1.29, 1.82) is 0 Å². The molecule has 4 aromatic rings. The summed E-state index contributed by atoms with van der Waals surface area (Å²) in [6, 6.07) is 17.5. The summed E-state index contributed by atoms with van der Waals surface area (Å²) in [5.41, 5.74) is 3.12. The molecule has 0 bridgehead atoms. The van der Waals surface area contributed by atoms with E-state index in [0.717, 1.165) is 28.0 Å². The minimum Gasteiger partial charge on any atom is -0.484 e. The molecular formula is C28H29F4N3O2S. The highest BCUT2D eigenvalue weighted by atomic mass is 32.2. The van der Waals surface area contributed by atoms with Gasteiger partial charge < -0.3 is 10.1 Å². The number of carbonyl (C=O) groups is 1. The van der Waals surface area contributed by atoms with Gasteiger partial charge in [-0.2, -0.15) is 30.0 Å². The summed E-state index contributed by atoms with van der Waals surface area (Å²) in [5, 5.41) is 7.10. The summed E-state index contributed by atoms with van der Waals surface area (Å²) in [4.78, 5) is 11.6. The molecule has 0 unspecified atom stereocenters. The average Bonchev–Trinajstić information content (AvgIpc) is 3.29. The topological polar surface area (TPSA) is 56.1 Å². The number of carbonyl (C=O) groups excluding carboxylic acids is 1. The zero-order valence-electron chi connectivity index (χ0n) is 20.1. The predicted octanol–water partition coefficient (Wildman–Crippen LogP) is 7.24. The predicted molar refractivity (Wildman–Crippen MR) is 143 cm³/mol. The van der Waals surface area contributed by atoms with E-state index in [1.165, 1.54) is 19.1 Å². The molecule has 1 N–H and O–H groups in total. The van der Waals surface area contributed by atoms with E-state index in [2.05, 4.69) is 12.0 Å². The summed E-state index contributed by atoms with van der Waals surface area (Å²) >= 11 is 1.76. The van der Waals surface area contributed by atoms with Gasteiger partial charge in [0.1, 0.15) is 17.7 Å². The quantitative estimate of drug-likeness (QED) is 0.225. The molecule has 0 aliphatic heterocycles. The minimum atomic E-state index is -5.01. The van der Waals surface area contributed by atoms with Crippen LogP contribution < -0.4 is 10.1 Å². The number of nitrogens with one attached hydrogen (secondary N) is 1. The Hall–Kier alpha value is -3.53. The number of hydrogen-bond donors (Lipinski definition) is 1. The third-order valence-corrected chi connectivity index (χ3v) is 6.67. The van der Waals surface area contributed by atoms with Gasteiger partial charge in [0.2, 0.25) is 0 Å². The Bertz CT molecular complexity index is 1360. The fourth-order valence-electron chi connectivity index (χ4n) is 3.87. The molecule has 0 saturated carbocycles. The lowest BCUT2D eigenvalue weighted by molar-refractivity contribution is -0.174. The standard InChI is InChI=1S/C27H25F4N3O2S.CH4/c1-3-37-16-18-4-6-19(7-5-18)25(17(2)33-26(35)27(29,30)31)36-23-12-13-24-20(14-23)15-32-34(24)22-10-8-21(28)9-11-22;/h4-15,17,25H,3,16H2,1-2H3,(H,33,35);1H4/t17-,25-;/m0./s1. The van der Waals surface area contributed by atoms with Crippen molar-refractivity contribution in [3.8, 4) is 11.4 Å². The third kappa shape index (κ3) is 6.86. The maximum Gasteiger partial charge on any atom is 0.471 e. The molecule has 3 aromatic carbocycles. The summed E-state index contributed by atoms with van der Waals surface area (Å²) in [5.74, 6) is -0.202. The van der Waals surface area contributed by atoms with Crippen molar-refractivity contribution in [3.63, 3.8) is 0 Å². The molecule has 1 amide bonds. The van der Waals surface area contributed by atoms with Gasteiger partial charge in [0, 0.05) is 11.1 Å². The van der Waals surface area contributed by atoms with Crippen molar-refractivity contribution in [2.45, 2.75) is 45.3 Å². The second-order valence-corrected chi connectivity index (χ2v) is 9.70. The molecule has 4 rings (SSSR count). The molecule has 5 nitrogen and oxygen atoms in total. The van der Waals surface area contributed by atoms with Gasteiger partial charge in [-0.1, -0.05) is 38.6 Å². The van der Waals surface area contributed by atoms with Gasteiger partial charge in [-0.05, 0) is 66.3 Å². The Morgan fingerprint density at radius 3 is 2.39 bits per heavy atom. The molecule has 0 saturated heterocycles. The van der Waals surface area contributed by atoms with Crippen LogP contribution in [-0.4, -0.2) is 33.7 Å². The molecule has 2 atom stereocenters. The maximum absolute atomic E-state index is 13.3. The zero-order valence-corrected chi connectivity index (χ0v) is 20.9. The number of ether oxygens (including phenoxy) is 1. The second kappa shape index (κ2) is 12.3. The van der Waals surface area contributed by atoms with Crippen molar-refractivity contribution >= 4 is 28.6 Å². The van der Waals surface area contributed by atoms with Crippen LogP contribution in [0, 0.1) is 5.82 Å². The minimum absolute atomic E-state index is 0. The second-order valence-electron chi connectivity index (χ2n) is 8.43. The first-order chi connectivity index (χ1) is 17.7. The molecule has 0 spiro atoms. The fraction of sp³-hybridized carbons (Fsp3) is 0.286. The highest BCUT2D eigenvalue weighted by molar-refractivity contribution is 7.98. The van der Waals surface area contributed by atoms with Crippen LogP contribution in [0.4, 0.5) is 17.6 Å². The number of thioether (sulfide) groups is 1. The first kappa shape index (κ1) is 29.0.